The second-order valence-corrected chi connectivity index (χ2v) is 6.91. The van der Waals surface area contributed by atoms with E-state index in [-0.39, 0.29) is 5.41 Å². The van der Waals surface area contributed by atoms with Crippen LogP contribution in [0, 0.1) is 11.3 Å². The predicted octanol–water partition coefficient (Wildman–Crippen LogP) is 1.56. The van der Waals surface area contributed by atoms with E-state index < -0.39 is 0 Å². The van der Waals surface area contributed by atoms with Crippen molar-refractivity contribution < 1.29 is 4.79 Å². The predicted molar refractivity (Wildman–Crippen MR) is 82.7 cm³/mol. The van der Waals surface area contributed by atoms with Crippen molar-refractivity contribution in [3.8, 4) is 0 Å². The largest absolute Gasteiger partial charge is 0.338 e. The molecule has 116 valence electrons. The Morgan fingerprint density at radius 2 is 2.15 bits per heavy atom. The zero-order valence-electron chi connectivity index (χ0n) is 13.6. The maximum atomic E-state index is 13.3. The van der Waals surface area contributed by atoms with Gasteiger partial charge in [-0.3, -0.25) is 4.79 Å². The Kier molecular flexibility index (Phi) is 5.08. The van der Waals surface area contributed by atoms with Crippen LogP contribution >= 0.6 is 0 Å². The maximum absolute atomic E-state index is 13.3. The molecule has 0 aromatic carbocycles. The zero-order chi connectivity index (χ0) is 14.8. The number of amides is 1. The summed E-state index contributed by atoms with van der Waals surface area (Å²) in [6.45, 7) is 11.5. The highest BCUT2D eigenvalue weighted by molar-refractivity contribution is 5.84. The lowest BCUT2D eigenvalue weighted by atomic mass is 9.75. The molecule has 0 saturated carbocycles. The van der Waals surface area contributed by atoms with E-state index in [0.29, 0.717) is 17.9 Å². The van der Waals surface area contributed by atoms with Crippen molar-refractivity contribution in [1.29, 1.82) is 0 Å². The molecule has 2 saturated heterocycles. The Bertz CT molecular complexity index is 337. The molecular weight excluding hydrogens is 250 g/mol. The molecule has 2 heterocycles. The number of carbonyl (C=O) groups is 1. The fraction of sp³-hybridized carbons (Fsp3) is 0.938. The molecule has 0 aromatic heterocycles. The standard InChI is InChI=1S/C16H31N3O/c1-5-14-11-18(4)9-6-10-19(14)15(20)16(13(2)3)7-8-17-12-16/h13-14,17H,5-12H2,1-4H3. The van der Waals surface area contributed by atoms with Crippen molar-refractivity contribution in [2.24, 2.45) is 11.3 Å². The monoisotopic (exact) mass is 281 g/mol. The van der Waals surface area contributed by atoms with Gasteiger partial charge in [0.25, 0.3) is 0 Å². The molecule has 2 fully saturated rings. The lowest BCUT2D eigenvalue weighted by Crippen LogP contribution is -2.53. The van der Waals surface area contributed by atoms with Crippen LogP contribution in [0.2, 0.25) is 0 Å². The van der Waals surface area contributed by atoms with Crippen LogP contribution in [0.1, 0.15) is 40.0 Å². The highest BCUT2D eigenvalue weighted by atomic mass is 16.2. The fourth-order valence-electron chi connectivity index (χ4n) is 3.78. The quantitative estimate of drug-likeness (QED) is 0.853. The van der Waals surface area contributed by atoms with Crippen LogP contribution in [0.4, 0.5) is 0 Å². The molecule has 1 N–H and O–H groups in total. The van der Waals surface area contributed by atoms with Gasteiger partial charge in [0, 0.05) is 25.7 Å². The molecule has 2 atom stereocenters. The summed E-state index contributed by atoms with van der Waals surface area (Å²) < 4.78 is 0. The van der Waals surface area contributed by atoms with Crippen molar-refractivity contribution in [2.75, 3.05) is 39.8 Å². The number of carbonyl (C=O) groups excluding carboxylic acids is 1. The maximum Gasteiger partial charge on any atom is 0.230 e. The van der Waals surface area contributed by atoms with Gasteiger partial charge in [0.15, 0.2) is 0 Å². The number of hydrogen-bond donors (Lipinski definition) is 1. The normalized spacial score (nSPS) is 32.6. The van der Waals surface area contributed by atoms with Gasteiger partial charge in [-0.05, 0) is 45.3 Å². The Labute approximate surface area is 123 Å². The summed E-state index contributed by atoms with van der Waals surface area (Å²) in [4.78, 5) is 17.8. The van der Waals surface area contributed by atoms with Gasteiger partial charge in [-0.15, -0.1) is 0 Å². The van der Waals surface area contributed by atoms with Crippen LogP contribution < -0.4 is 5.32 Å². The molecule has 2 aliphatic rings. The Hall–Kier alpha value is -0.610. The molecule has 0 spiro atoms. The second-order valence-electron chi connectivity index (χ2n) is 6.91. The Morgan fingerprint density at radius 1 is 1.40 bits per heavy atom. The number of likely N-dealkylation sites (N-methyl/N-ethyl adjacent to an activating group) is 1. The van der Waals surface area contributed by atoms with Crippen LogP contribution in [0.15, 0.2) is 0 Å². The van der Waals surface area contributed by atoms with E-state index in [1.165, 1.54) is 0 Å². The van der Waals surface area contributed by atoms with E-state index in [0.717, 1.165) is 52.0 Å². The summed E-state index contributed by atoms with van der Waals surface area (Å²) in [5.41, 5.74) is -0.170. The van der Waals surface area contributed by atoms with Crippen molar-refractivity contribution >= 4 is 5.91 Å². The summed E-state index contributed by atoms with van der Waals surface area (Å²) in [5.74, 6) is 0.808. The average molecular weight is 281 g/mol. The topological polar surface area (TPSA) is 35.6 Å². The molecule has 20 heavy (non-hydrogen) atoms. The van der Waals surface area contributed by atoms with Crippen LogP contribution in [0.3, 0.4) is 0 Å². The number of nitrogens with one attached hydrogen (secondary N) is 1. The SMILES string of the molecule is CCC1CN(C)CCCN1C(=O)C1(C(C)C)CCNC1. The molecule has 2 rings (SSSR count). The fourth-order valence-corrected chi connectivity index (χ4v) is 3.78. The summed E-state index contributed by atoms with van der Waals surface area (Å²) in [6.07, 6.45) is 3.14. The van der Waals surface area contributed by atoms with Gasteiger partial charge in [0.1, 0.15) is 0 Å². The first kappa shape index (κ1) is 15.8. The minimum atomic E-state index is -0.170. The first-order chi connectivity index (χ1) is 9.51. The minimum absolute atomic E-state index is 0.170. The molecule has 0 aromatic rings. The van der Waals surface area contributed by atoms with Gasteiger partial charge >= 0.3 is 0 Å². The van der Waals surface area contributed by atoms with E-state index in [2.05, 4.69) is 42.9 Å². The van der Waals surface area contributed by atoms with Gasteiger partial charge in [-0.1, -0.05) is 20.8 Å². The van der Waals surface area contributed by atoms with Crippen molar-refractivity contribution in [1.82, 2.24) is 15.1 Å². The van der Waals surface area contributed by atoms with Crippen molar-refractivity contribution in [3.63, 3.8) is 0 Å². The van der Waals surface area contributed by atoms with Crippen LogP contribution in [-0.4, -0.2) is 61.5 Å². The van der Waals surface area contributed by atoms with E-state index in [1.807, 2.05) is 0 Å². The third-order valence-corrected chi connectivity index (χ3v) is 5.35. The van der Waals surface area contributed by atoms with E-state index in [9.17, 15) is 4.79 Å². The molecule has 0 radical (unpaired) electrons. The third-order valence-electron chi connectivity index (χ3n) is 5.35. The van der Waals surface area contributed by atoms with Gasteiger partial charge in [0.2, 0.25) is 5.91 Å². The first-order valence-corrected chi connectivity index (χ1v) is 8.21. The molecule has 1 amide bonds. The van der Waals surface area contributed by atoms with Crippen molar-refractivity contribution in [3.05, 3.63) is 0 Å². The van der Waals surface area contributed by atoms with Crippen LogP contribution in [-0.2, 0) is 4.79 Å². The third kappa shape index (κ3) is 2.86. The minimum Gasteiger partial charge on any atom is -0.338 e. The zero-order valence-corrected chi connectivity index (χ0v) is 13.6. The smallest absolute Gasteiger partial charge is 0.230 e. The first-order valence-electron chi connectivity index (χ1n) is 8.21. The van der Waals surface area contributed by atoms with Crippen LogP contribution in [0.25, 0.3) is 0 Å². The highest BCUT2D eigenvalue weighted by Crippen LogP contribution is 2.37. The molecule has 0 bridgehead atoms. The Morgan fingerprint density at radius 3 is 2.70 bits per heavy atom. The highest BCUT2D eigenvalue weighted by Gasteiger charge is 2.47. The lowest BCUT2D eigenvalue weighted by Gasteiger charge is -2.40. The number of hydrogen-bond acceptors (Lipinski definition) is 3. The molecule has 4 nitrogen and oxygen atoms in total. The summed E-state index contributed by atoms with van der Waals surface area (Å²) >= 11 is 0. The molecule has 2 unspecified atom stereocenters. The number of nitrogens with zero attached hydrogens (tertiary/aromatic N) is 2. The average Bonchev–Trinajstić information content (AvgIpc) is 2.84. The second kappa shape index (κ2) is 6.44. The van der Waals surface area contributed by atoms with Gasteiger partial charge in [0.05, 0.1) is 5.41 Å². The number of rotatable bonds is 3. The van der Waals surface area contributed by atoms with E-state index in [4.69, 9.17) is 0 Å². The molecule has 2 aliphatic heterocycles. The molecule has 4 heteroatoms. The van der Waals surface area contributed by atoms with Gasteiger partial charge in [-0.25, -0.2) is 0 Å². The van der Waals surface area contributed by atoms with Crippen molar-refractivity contribution in [2.45, 2.75) is 46.1 Å². The van der Waals surface area contributed by atoms with E-state index in [1.54, 1.807) is 0 Å². The summed E-state index contributed by atoms with van der Waals surface area (Å²) in [5, 5.41) is 3.41. The molecule has 0 aliphatic carbocycles. The van der Waals surface area contributed by atoms with E-state index >= 15 is 0 Å². The Balaban J connectivity index is 2.20. The van der Waals surface area contributed by atoms with Crippen LogP contribution in [0.5, 0.6) is 0 Å². The molecular formula is C16H31N3O. The summed E-state index contributed by atoms with van der Waals surface area (Å²) in [6, 6.07) is 0.381. The van der Waals surface area contributed by atoms with Gasteiger partial charge in [-0.2, -0.15) is 0 Å². The summed E-state index contributed by atoms with van der Waals surface area (Å²) in [7, 11) is 2.17. The lowest BCUT2D eigenvalue weighted by molar-refractivity contribution is -0.146. The van der Waals surface area contributed by atoms with Gasteiger partial charge < -0.3 is 15.1 Å².